The summed E-state index contributed by atoms with van der Waals surface area (Å²) in [6, 6.07) is 5.43. The van der Waals surface area contributed by atoms with E-state index in [1.165, 1.54) is 24.3 Å². The molecular formula is C19H19ClF3NO4S2. The molecule has 30 heavy (non-hydrogen) atoms. The Hall–Kier alpha value is -1.46. The summed E-state index contributed by atoms with van der Waals surface area (Å²) in [5.74, 6) is -0.418. The van der Waals surface area contributed by atoms with Crippen molar-refractivity contribution in [2.75, 3.05) is 6.54 Å². The number of hydrogen-bond acceptors (Lipinski definition) is 5. The highest BCUT2D eigenvalue weighted by Crippen LogP contribution is 2.35. The van der Waals surface area contributed by atoms with Crippen LogP contribution in [-0.2, 0) is 34.0 Å². The van der Waals surface area contributed by atoms with Gasteiger partial charge in [-0.25, -0.2) is 8.42 Å². The first-order valence-corrected chi connectivity index (χ1v) is 11.8. The zero-order valence-electron chi connectivity index (χ0n) is 15.7. The number of rotatable bonds is 7. The Morgan fingerprint density at radius 2 is 2.00 bits per heavy atom. The van der Waals surface area contributed by atoms with Gasteiger partial charge in [0.15, 0.2) is 5.78 Å². The lowest BCUT2D eigenvalue weighted by Crippen LogP contribution is -2.40. The van der Waals surface area contributed by atoms with Gasteiger partial charge < -0.3 is 5.11 Å². The summed E-state index contributed by atoms with van der Waals surface area (Å²) in [7, 11) is -3.90. The average Bonchev–Trinajstić information content (AvgIpc) is 3.35. The summed E-state index contributed by atoms with van der Waals surface area (Å²) in [5, 5.41) is 9.09. The SMILES string of the molecule is O=C(CCc1ccc(CO)cc1C(F)(F)F)[C@@H]1CCCN1S(=O)(=O)c1ccc(Cl)s1. The van der Waals surface area contributed by atoms with Crippen molar-refractivity contribution >= 4 is 38.7 Å². The molecule has 1 atom stereocenters. The number of nitrogens with zero attached hydrogens (tertiary/aromatic N) is 1. The Balaban J connectivity index is 1.76. The molecule has 3 rings (SSSR count). The maximum atomic E-state index is 13.3. The van der Waals surface area contributed by atoms with Crippen molar-refractivity contribution < 1.29 is 31.5 Å². The van der Waals surface area contributed by atoms with Crippen LogP contribution >= 0.6 is 22.9 Å². The Morgan fingerprint density at radius 3 is 2.60 bits per heavy atom. The number of ketones is 1. The maximum absolute atomic E-state index is 13.3. The fraction of sp³-hybridized carbons (Fsp3) is 0.421. The van der Waals surface area contributed by atoms with Crippen LogP contribution in [0.25, 0.3) is 0 Å². The molecule has 1 aromatic carbocycles. The fourth-order valence-electron chi connectivity index (χ4n) is 3.53. The molecule has 1 saturated heterocycles. The number of halogens is 4. The molecule has 0 spiro atoms. The van der Waals surface area contributed by atoms with Crippen molar-refractivity contribution in [2.24, 2.45) is 0 Å². The minimum Gasteiger partial charge on any atom is -0.392 e. The van der Waals surface area contributed by atoms with Gasteiger partial charge in [-0.1, -0.05) is 23.7 Å². The van der Waals surface area contributed by atoms with Crippen LogP contribution in [0.3, 0.4) is 0 Å². The third kappa shape index (κ3) is 4.88. The molecule has 0 radical (unpaired) electrons. The number of sulfonamides is 1. The molecule has 1 N–H and O–H groups in total. The standard InChI is InChI=1S/C19H19ClF3NO4S2/c20-17-7-8-18(29-17)30(27,28)24-9-1-2-15(24)16(26)6-5-13-4-3-12(11-25)10-14(13)19(21,22)23/h3-4,7-8,10,15,25H,1-2,5-6,9,11H2/t15-/m0/s1. The first-order chi connectivity index (χ1) is 14.0. The Kier molecular flexibility index (Phi) is 6.93. The number of aliphatic hydroxyl groups excluding tert-OH is 1. The third-order valence-electron chi connectivity index (χ3n) is 4.99. The number of carbonyl (C=O) groups is 1. The van der Waals surface area contributed by atoms with Crippen LogP contribution in [0.5, 0.6) is 0 Å². The molecule has 0 amide bonds. The summed E-state index contributed by atoms with van der Waals surface area (Å²) in [6.07, 6.45) is -4.19. The van der Waals surface area contributed by atoms with E-state index in [1.54, 1.807) is 0 Å². The fourth-order valence-corrected chi connectivity index (χ4v) is 6.82. The van der Waals surface area contributed by atoms with Gasteiger partial charge in [-0.15, -0.1) is 11.3 Å². The predicted molar refractivity (Wildman–Crippen MR) is 107 cm³/mol. The first-order valence-electron chi connectivity index (χ1n) is 9.14. The summed E-state index contributed by atoms with van der Waals surface area (Å²) >= 11 is 6.72. The lowest BCUT2D eigenvalue weighted by Gasteiger charge is -2.22. The Labute approximate surface area is 181 Å². The van der Waals surface area contributed by atoms with E-state index in [2.05, 4.69) is 0 Å². The van der Waals surface area contributed by atoms with Crippen molar-refractivity contribution in [3.8, 4) is 0 Å². The van der Waals surface area contributed by atoms with E-state index >= 15 is 0 Å². The highest BCUT2D eigenvalue weighted by atomic mass is 35.5. The number of alkyl halides is 3. The van der Waals surface area contributed by atoms with Gasteiger partial charge in [-0.2, -0.15) is 17.5 Å². The first kappa shape index (κ1) is 23.2. The van der Waals surface area contributed by atoms with Crippen LogP contribution < -0.4 is 0 Å². The molecule has 0 saturated carbocycles. The van der Waals surface area contributed by atoms with Gasteiger partial charge in [0.05, 0.1) is 22.5 Å². The minimum absolute atomic E-state index is 0.0335. The molecule has 1 aliphatic rings. The van der Waals surface area contributed by atoms with Gasteiger partial charge in [-0.05, 0) is 48.6 Å². The molecule has 1 aromatic heterocycles. The van der Waals surface area contributed by atoms with Gasteiger partial charge in [0.2, 0.25) is 0 Å². The van der Waals surface area contributed by atoms with Gasteiger partial charge in [0.1, 0.15) is 4.21 Å². The molecule has 0 aliphatic carbocycles. The summed E-state index contributed by atoms with van der Waals surface area (Å²) in [6.45, 7) is -0.350. The van der Waals surface area contributed by atoms with Crippen LogP contribution in [0.15, 0.2) is 34.5 Å². The Morgan fingerprint density at radius 1 is 1.27 bits per heavy atom. The number of thiophene rings is 1. The lowest BCUT2D eigenvalue weighted by atomic mass is 9.97. The van der Waals surface area contributed by atoms with Crippen LogP contribution in [-0.4, -0.2) is 36.2 Å². The smallest absolute Gasteiger partial charge is 0.392 e. The number of benzene rings is 1. The molecule has 2 heterocycles. The second-order valence-corrected chi connectivity index (χ2v) is 10.8. The second kappa shape index (κ2) is 8.96. The summed E-state index contributed by atoms with van der Waals surface area (Å²) < 4.78 is 67.2. The van der Waals surface area contributed by atoms with Gasteiger partial charge in [0.25, 0.3) is 10.0 Å². The molecule has 1 aliphatic heterocycles. The second-order valence-electron chi connectivity index (χ2n) is 6.95. The van der Waals surface area contributed by atoms with Crippen molar-refractivity contribution in [3.05, 3.63) is 51.4 Å². The van der Waals surface area contributed by atoms with Crippen LogP contribution in [0.2, 0.25) is 4.34 Å². The number of carbonyl (C=O) groups excluding carboxylic acids is 1. The normalized spacial score (nSPS) is 18.1. The minimum atomic E-state index is -4.62. The topological polar surface area (TPSA) is 74.7 Å². The lowest BCUT2D eigenvalue weighted by molar-refractivity contribution is -0.138. The van der Waals surface area contributed by atoms with Crippen molar-refractivity contribution in [1.82, 2.24) is 4.31 Å². The van der Waals surface area contributed by atoms with Gasteiger partial charge >= 0.3 is 6.18 Å². The number of Topliss-reactive ketones (excluding diaryl/α,β-unsaturated/α-hetero) is 1. The molecule has 11 heteroatoms. The van der Waals surface area contributed by atoms with Crippen molar-refractivity contribution in [1.29, 1.82) is 0 Å². The molecule has 5 nitrogen and oxygen atoms in total. The van der Waals surface area contributed by atoms with E-state index in [0.717, 1.165) is 21.7 Å². The van der Waals surface area contributed by atoms with Crippen LogP contribution in [0.4, 0.5) is 13.2 Å². The zero-order valence-corrected chi connectivity index (χ0v) is 18.0. The third-order valence-corrected chi connectivity index (χ3v) is 8.60. The molecular weight excluding hydrogens is 463 g/mol. The summed E-state index contributed by atoms with van der Waals surface area (Å²) in [5.41, 5.74) is -0.837. The molecule has 0 unspecified atom stereocenters. The van der Waals surface area contributed by atoms with Gasteiger partial charge in [-0.3, -0.25) is 4.79 Å². The largest absolute Gasteiger partial charge is 0.416 e. The van der Waals surface area contributed by atoms with E-state index < -0.39 is 40.2 Å². The monoisotopic (exact) mass is 481 g/mol. The van der Waals surface area contributed by atoms with Crippen LogP contribution in [0.1, 0.15) is 36.0 Å². The quantitative estimate of drug-likeness (QED) is 0.641. The van der Waals surface area contributed by atoms with Crippen LogP contribution in [0, 0.1) is 0 Å². The molecule has 164 valence electrons. The van der Waals surface area contributed by atoms with E-state index in [0.29, 0.717) is 17.2 Å². The molecule has 0 bridgehead atoms. The van der Waals surface area contributed by atoms with E-state index in [9.17, 15) is 26.4 Å². The average molecular weight is 482 g/mol. The Bertz CT molecular complexity index is 1040. The highest BCUT2D eigenvalue weighted by Gasteiger charge is 2.40. The zero-order chi connectivity index (χ0) is 22.1. The number of aliphatic hydroxyl groups is 1. The van der Waals surface area contributed by atoms with Crippen molar-refractivity contribution in [3.63, 3.8) is 0 Å². The van der Waals surface area contributed by atoms with Gasteiger partial charge in [0, 0.05) is 13.0 Å². The number of hydrogen-bond donors (Lipinski definition) is 1. The summed E-state index contributed by atoms with van der Waals surface area (Å²) in [4.78, 5) is 12.7. The predicted octanol–water partition coefficient (Wildman–Crippen LogP) is 4.27. The molecule has 1 fully saturated rings. The van der Waals surface area contributed by atoms with E-state index in [1.807, 2.05) is 0 Å². The molecule has 2 aromatic rings. The van der Waals surface area contributed by atoms with E-state index in [-0.39, 0.29) is 34.7 Å². The van der Waals surface area contributed by atoms with Crippen molar-refractivity contribution in [2.45, 2.75) is 48.7 Å². The maximum Gasteiger partial charge on any atom is 0.416 e. The highest BCUT2D eigenvalue weighted by molar-refractivity contribution is 7.91. The number of aryl methyl sites for hydroxylation is 1. The van der Waals surface area contributed by atoms with E-state index in [4.69, 9.17) is 16.7 Å².